The molecular formula is C18H18N2O2. The summed E-state index contributed by atoms with van der Waals surface area (Å²) in [5.41, 5.74) is 3.19. The Kier molecular flexibility index (Phi) is 4.80. The maximum atomic E-state index is 12.2. The van der Waals surface area contributed by atoms with Crippen LogP contribution >= 0.6 is 0 Å². The first-order valence-corrected chi connectivity index (χ1v) is 7.05. The van der Waals surface area contributed by atoms with Crippen molar-refractivity contribution in [3.05, 3.63) is 59.2 Å². The van der Waals surface area contributed by atoms with Gasteiger partial charge in [-0.1, -0.05) is 18.2 Å². The summed E-state index contributed by atoms with van der Waals surface area (Å²) in [7, 11) is 0. The van der Waals surface area contributed by atoms with Gasteiger partial charge in [0.15, 0.2) is 6.10 Å². The van der Waals surface area contributed by atoms with Crippen LogP contribution in [-0.2, 0) is 4.79 Å². The Morgan fingerprint density at radius 2 is 1.73 bits per heavy atom. The molecule has 22 heavy (non-hydrogen) atoms. The summed E-state index contributed by atoms with van der Waals surface area (Å²) in [4.78, 5) is 12.2. The van der Waals surface area contributed by atoms with Crippen LogP contribution in [0.3, 0.4) is 0 Å². The summed E-state index contributed by atoms with van der Waals surface area (Å²) in [6.45, 7) is 5.62. The third-order valence-corrected chi connectivity index (χ3v) is 3.35. The van der Waals surface area contributed by atoms with E-state index in [4.69, 9.17) is 10.00 Å². The second-order valence-electron chi connectivity index (χ2n) is 5.16. The van der Waals surface area contributed by atoms with Crippen molar-refractivity contribution < 1.29 is 9.53 Å². The Morgan fingerprint density at radius 3 is 2.27 bits per heavy atom. The lowest BCUT2D eigenvalue weighted by atomic mass is 10.1. The average Bonchev–Trinajstić information content (AvgIpc) is 2.51. The molecule has 0 bridgehead atoms. The van der Waals surface area contributed by atoms with Crippen LogP contribution in [0.4, 0.5) is 5.69 Å². The molecule has 0 aromatic heterocycles. The largest absolute Gasteiger partial charge is 0.480 e. The molecule has 0 aliphatic rings. The van der Waals surface area contributed by atoms with Crippen LogP contribution < -0.4 is 10.1 Å². The van der Waals surface area contributed by atoms with Gasteiger partial charge in [-0.2, -0.15) is 5.26 Å². The number of hydrogen-bond donors (Lipinski definition) is 1. The fourth-order valence-electron chi connectivity index (χ4n) is 2.09. The quantitative estimate of drug-likeness (QED) is 0.937. The normalized spacial score (nSPS) is 11.4. The maximum absolute atomic E-state index is 12.2. The van der Waals surface area contributed by atoms with Crippen molar-refractivity contribution >= 4 is 11.6 Å². The SMILES string of the molecule is Cc1cccc(C)c1OC(C)C(=O)Nc1ccc(C#N)cc1. The van der Waals surface area contributed by atoms with Gasteiger partial charge in [-0.25, -0.2) is 0 Å². The molecule has 112 valence electrons. The molecule has 0 saturated heterocycles. The van der Waals surface area contributed by atoms with Crippen molar-refractivity contribution in [1.82, 2.24) is 0 Å². The van der Waals surface area contributed by atoms with E-state index in [-0.39, 0.29) is 5.91 Å². The van der Waals surface area contributed by atoms with E-state index < -0.39 is 6.10 Å². The van der Waals surface area contributed by atoms with Crippen molar-refractivity contribution in [2.24, 2.45) is 0 Å². The van der Waals surface area contributed by atoms with Crippen molar-refractivity contribution in [3.8, 4) is 11.8 Å². The molecule has 1 N–H and O–H groups in total. The number of anilines is 1. The monoisotopic (exact) mass is 294 g/mol. The van der Waals surface area contributed by atoms with Crippen LogP contribution in [0.1, 0.15) is 23.6 Å². The summed E-state index contributed by atoms with van der Waals surface area (Å²) < 4.78 is 5.79. The van der Waals surface area contributed by atoms with Gasteiger partial charge >= 0.3 is 0 Å². The molecule has 1 atom stereocenters. The fraction of sp³-hybridized carbons (Fsp3) is 0.222. The van der Waals surface area contributed by atoms with Gasteiger partial charge in [0.05, 0.1) is 11.6 Å². The molecule has 0 aliphatic heterocycles. The number of ether oxygens (including phenoxy) is 1. The molecule has 0 heterocycles. The van der Waals surface area contributed by atoms with Crippen LogP contribution in [0.5, 0.6) is 5.75 Å². The highest BCUT2D eigenvalue weighted by Gasteiger charge is 2.16. The maximum Gasteiger partial charge on any atom is 0.265 e. The van der Waals surface area contributed by atoms with E-state index in [2.05, 4.69) is 5.32 Å². The molecule has 2 aromatic rings. The minimum absolute atomic E-state index is 0.229. The van der Waals surface area contributed by atoms with E-state index in [1.54, 1.807) is 31.2 Å². The highest BCUT2D eigenvalue weighted by atomic mass is 16.5. The van der Waals surface area contributed by atoms with Gasteiger partial charge in [-0.15, -0.1) is 0 Å². The Bertz CT molecular complexity index is 695. The predicted molar refractivity (Wildman–Crippen MR) is 85.8 cm³/mol. The highest BCUT2D eigenvalue weighted by molar-refractivity contribution is 5.94. The number of nitrogens with zero attached hydrogens (tertiary/aromatic N) is 1. The number of aryl methyl sites for hydroxylation is 2. The van der Waals surface area contributed by atoms with Crippen molar-refractivity contribution in [2.45, 2.75) is 26.9 Å². The molecule has 0 saturated carbocycles. The van der Waals surface area contributed by atoms with Crippen molar-refractivity contribution in [3.63, 3.8) is 0 Å². The smallest absolute Gasteiger partial charge is 0.265 e. The summed E-state index contributed by atoms with van der Waals surface area (Å²) in [6.07, 6.45) is -0.615. The zero-order valence-electron chi connectivity index (χ0n) is 12.9. The molecule has 2 aromatic carbocycles. The number of amides is 1. The number of rotatable bonds is 4. The van der Waals surface area contributed by atoms with Crippen LogP contribution in [0.15, 0.2) is 42.5 Å². The van der Waals surface area contributed by atoms with Gasteiger partial charge in [0.25, 0.3) is 5.91 Å². The Balaban J connectivity index is 2.04. The molecule has 1 amide bonds. The van der Waals surface area contributed by atoms with Crippen LogP contribution in [-0.4, -0.2) is 12.0 Å². The van der Waals surface area contributed by atoms with E-state index in [0.29, 0.717) is 11.3 Å². The number of hydrogen-bond acceptors (Lipinski definition) is 3. The molecule has 0 radical (unpaired) electrons. The first kappa shape index (κ1) is 15.6. The minimum Gasteiger partial charge on any atom is -0.480 e. The minimum atomic E-state index is -0.615. The van der Waals surface area contributed by atoms with E-state index in [9.17, 15) is 4.79 Å². The lowest BCUT2D eigenvalue weighted by Crippen LogP contribution is -2.30. The number of nitriles is 1. The first-order chi connectivity index (χ1) is 10.5. The summed E-state index contributed by atoms with van der Waals surface area (Å²) >= 11 is 0. The van der Waals surface area contributed by atoms with Gasteiger partial charge in [-0.05, 0) is 56.2 Å². The molecule has 0 spiro atoms. The van der Waals surface area contributed by atoms with Gasteiger partial charge in [0, 0.05) is 5.69 Å². The third kappa shape index (κ3) is 3.64. The predicted octanol–water partition coefficient (Wildman–Crippen LogP) is 3.58. The molecule has 0 aliphatic carbocycles. The molecule has 2 rings (SSSR count). The Labute approximate surface area is 130 Å². The summed E-state index contributed by atoms with van der Waals surface area (Å²) in [5.74, 6) is 0.511. The molecule has 0 fully saturated rings. The lowest BCUT2D eigenvalue weighted by molar-refractivity contribution is -0.122. The number of carbonyl (C=O) groups excluding carboxylic acids is 1. The van der Waals surface area contributed by atoms with Crippen LogP contribution in [0.2, 0.25) is 0 Å². The van der Waals surface area contributed by atoms with Gasteiger partial charge in [0.1, 0.15) is 5.75 Å². The molecule has 1 unspecified atom stereocenters. The zero-order chi connectivity index (χ0) is 16.1. The van der Waals surface area contributed by atoms with Crippen LogP contribution in [0, 0.1) is 25.2 Å². The third-order valence-electron chi connectivity index (χ3n) is 3.35. The summed E-state index contributed by atoms with van der Waals surface area (Å²) in [6, 6.07) is 14.6. The van der Waals surface area contributed by atoms with Crippen molar-refractivity contribution in [1.29, 1.82) is 5.26 Å². The number of carbonyl (C=O) groups is 1. The second-order valence-corrected chi connectivity index (χ2v) is 5.16. The molecule has 4 heteroatoms. The van der Waals surface area contributed by atoms with Gasteiger partial charge in [-0.3, -0.25) is 4.79 Å². The van der Waals surface area contributed by atoms with E-state index in [1.807, 2.05) is 38.1 Å². The number of benzene rings is 2. The van der Waals surface area contributed by atoms with Gasteiger partial charge < -0.3 is 10.1 Å². The second kappa shape index (κ2) is 6.77. The number of para-hydroxylation sites is 1. The van der Waals surface area contributed by atoms with E-state index >= 15 is 0 Å². The Morgan fingerprint density at radius 1 is 1.14 bits per heavy atom. The molecule has 4 nitrogen and oxygen atoms in total. The number of nitrogens with one attached hydrogen (secondary N) is 1. The topological polar surface area (TPSA) is 62.1 Å². The zero-order valence-corrected chi connectivity index (χ0v) is 12.9. The molecular weight excluding hydrogens is 276 g/mol. The van der Waals surface area contributed by atoms with Crippen molar-refractivity contribution in [2.75, 3.05) is 5.32 Å². The lowest BCUT2D eigenvalue weighted by Gasteiger charge is -2.18. The Hall–Kier alpha value is -2.80. The van der Waals surface area contributed by atoms with E-state index in [1.165, 1.54) is 0 Å². The first-order valence-electron chi connectivity index (χ1n) is 7.05. The fourth-order valence-corrected chi connectivity index (χ4v) is 2.09. The summed E-state index contributed by atoms with van der Waals surface area (Å²) in [5, 5.41) is 11.5. The standard InChI is InChI=1S/C18H18N2O2/c1-12-5-4-6-13(2)17(12)22-14(3)18(21)20-16-9-7-15(11-19)8-10-16/h4-10,14H,1-3H3,(H,20,21). The van der Waals surface area contributed by atoms with Gasteiger partial charge in [0.2, 0.25) is 0 Å². The average molecular weight is 294 g/mol. The van der Waals surface area contributed by atoms with E-state index in [0.717, 1.165) is 16.9 Å². The highest BCUT2D eigenvalue weighted by Crippen LogP contribution is 2.23. The van der Waals surface area contributed by atoms with Crippen LogP contribution in [0.25, 0.3) is 0 Å².